The van der Waals surface area contributed by atoms with E-state index in [9.17, 15) is 24.0 Å². The molecule has 2 aliphatic heterocycles. The molecule has 4 N–H and O–H groups in total. The molecule has 5 rings (SSSR count). The largest absolute Gasteiger partial charge is 0.352 e. The van der Waals surface area contributed by atoms with Gasteiger partial charge in [0, 0.05) is 48.6 Å². The topological polar surface area (TPSA) is 140 Å². The SMILES string of the molecule is CCc1c(C(=O)Nc2ccc3c(c2)CN(C2CCC(=O)NC2=O)C3=O)[nH]c2ccc(CNC(C)=O)cc12. The number of amides is 5. The van der Waals surface area contributed by atoms with Gasteiger partial charge in [0.05, 0.1) is 0 Å². The van der Waals surface area contributed by atoms with Gasteiger partial charge in [0.2, 0.25) is 17.7 Å². The summed E-state index contributed by atoms with van der Waals surface area (Å²) in [5.74, 6) is -1.47. The summed E-state index contributed by atoms with van der Waals surface area (Å²) in [5.41, 5.74) is 4.82. The van der Waals surface area contributed by atoms with Crippen molar-refractivity contribution in [3.8, 4) is 0 Å². The summed E-state index contributed by atoms with van der Waals surface area (Å²) in [5, 5.41) is 8.93. The van der Waals surface area contributed by atoms with Crippen molar-refractivity contribution in [3.05, 3.63) is 64.3 Å². The Morgan fingerprint density at radius 1 is 1.11 bits per heavy atom. The lowest BCUT2D eigenvalue weighted by Gasteiger charge is -2.29. The van der Waals surface area contributed by atoms with Gasteiger partial charge in [-0.25, -0.2) is 0 Å². The Labute approximate surface area is 212 Å². The van der Waals surface area contributed by atoms with Gasteiger partial charge < -0.3 is 20.5 Å². The third-order valence-electron chi connectivity index (χ3n) is 6.87. The number of fused-ring (bicyclic) bond motifs is 2. The van der Waals surface area contributed by atoms with Crippen LogP contribution in [-0.4, -0.2) is 45.5 Å². The number of benzene rings is 2. The highest BCUT2D eigenvalue weighted by molar-refractivity contribution is 6.09. The summed E-state index contributed by atoms with van der Waals surface area (Å²) in [6.45, 7) is 4.08. The monoisotopic (exact) mass is 501 g/mol. The number of piperidine rings is 1. The lowest BCUT2D eigenvalue weighted by molar-refractivity contribution is -0.137. The predicted molar refractivity (Wildman–Crippen MR) is 136 cm³/mol. The molecule has 3 heterocycles. The van der Waals surface area contributed by atoms with Crippen LogP contribution < -0.4 is 16.0 Å². The second-order valence-corrected chi connectivity index (χ2v) is 9.35. The zero-order chi connectivity index (χ0) is 26.3. The van der Waals surface area contributed by atoms with Crippen molar-refractivity contribution < 1.29 is 24.0 Å². The maximum atomic E-state index is 13.3. The Kier molecular flexibility index (Phi) is 6.24. The number of aromatic nitrogens is 1. The Hall–Kier alpha value is -4.47. The molecule has 0 spiro atoms. The van der Waals surface area contributed by atoms with Crippen LogP contribution in [-0.2, 0) is 33.9 Å². The van der Waals surface area contributed by atoms with Crippen molar-refractivity contribution in [1.82, 2.24) is 20.5 Å². The maximum absolute atomic E-state index is 13.3. The first-order chi connectivity index (χ1) is 17.7. The Morgan fingerprint density at radius 3 is 2.65 bits per heavy atom. The van der Waals surface area contributed by atoms with Crippen LogP contribution in [0.3, 0.4) is 0 Å². The minimum absolute atomic E-state index is 0.110. The molecule has 1 unspecified atom stereocenters. The number of H-pyrrole nitrogens is 1. The van der Waals surface area contributed by atoms with Gasteiger partial charge in [-0.15, -0.1) is 0 Å². The number of nitrogens with zero attached hydrogens (tertiary/aromatic N) is 1. The minimum atomic E-state index is -0.690. The smallest absolute Gasteiger partial charge is 0.272 e. The van der Waals surface area contributed by atoms with E-state index in [4.69, 9.17) is 0 Å². The molecule has 0 bridgehead atoms. The molecule has 1 aromatic heterocycles. The molecule has 10 nitrogen and oxygen atoms in total. The molecule has 10 heteroatoms. The third-order valence-corrected chi connectivity index (χ3v) is 6.87. The Morgan fingerprint density at radius 2 is 1.92 bits per heavy atom. The molecule has 0 saturated carbocycles. The van der Waals surface area contributed by atoms with Crippen LogP contribution in [0.2, 0.25) is 0 Å². The molecule has 37 heavy (non-hydrogen) atoms. The number of carbonyl (C=O) groups is 5. The van der Waals surface area contributed by atoms with Crippen LogP contribution in [0.5, 0.6) is 0 Å². The number of nitrogens with one attached hydrogen (secondary N) is 4. The van der Waals surface area contributed by atoms with Crippen molar-refractivity contribution in [2.75, 3.05) is 5.32 Å². The average Bonchev–Trinajstić information content (AvgIpc) is 3.39. The van der Waals surface area contributed by atoms with Crippen LogP contribution in [0, 0.1) is 0 Å². The van der Waals surface area contributed by atoms with Crippen molar-refractivity contribution in [2.45, 2.75) is 52.2 Å². The molecule has 2 aliphatic rings. The first-order valence-electron chi connectivity index (χ1n) is 12.2. The van der Waals surface area contributed by atoms with Gasteiger partial charge >= 0.3 is 0 Å². The van der Waals surface area contributed by atoms with Crippen molar-refractivity contribution in [3.63, 3.8) is 0 Å². The Balaban J connectivity index is 1.35. The highest BCUT2D eigenvalue weighted by Gasteiger charge is 2.39. The van der Waals surface area contributed by atoms with Crippen LogP contribution in [0.4, 0.5) is 5.69 Å². The van der Waals surface area contributed by atoms with Gasteiger partial charge in [-0.05, 0) is 59.9 Å². The van der Waals surface area contributed by atoms with Gasteiger partial charge in [-0.2, -0.15) is 0 Å². The molecule has 1 atom stereocenters. The fourth-order valence-corrected chi connectivity index (χ4v) is 5.04. The number of imide groups is 1. The van der Waals surface area contributed by atoms with Crippen molar-refractivity contribution in [2.24, 2.45) is 0 Å². The lowest BCUT2D eigenvalue weighted by atomic mass is 10.0. The van der Waals surface area contributed by atoms with E-state index in [1.807, 2.05) is 25.1 Å². The number of aryl methyl sites for hydroxylation is 1. The summed E-state index contributed by atoms with van der Waals surface area (Å²) in [6.07, 6.45) is 1.11. The molecule has 0 aliphatic carbocycles. The minimum Gasteiger partial charge on any atom is -0.352 e. The highest BCUT2D eigenvalue weighted by atomic mass is 16.2. The first kappa shape index (κ1) is 24.2. The third kappa shape index (κ3) is 4.57. The van der Waals surface area contributed by atoms with Crippen molar-refractivity contribution in [1.29, 1.82) is 0 Å². The number of aromatic amines is 1. The maximum Gasteiger partial charge on any atom is 0.272 e. The number of rotatable bonds is 6. The van der Waals surface area contributed by atoms with Gasteiger partial charge in [-0.3, -0.25) is 29.3 Å². The standard InChI is InChI=1S/C27H27N5O5/c1-3-18-20-10-15(12-28-14(2)33)4-7-21(20)30-24(18)26(36)29-17-5-6-19-16(11-17)13-32(27(19)37)22-8-9-23(34)31-25(22)35/h4-7,10-11,22,30H,3,8-9,12-13H2,1-2H3,(H,28,33)(H,29,36)(H,31,34,35). The number of anilines is 1. The van der Waals surface area contributed by atoms with Crippen LogP contribution in [0.15, 0.2) is 36.4 Å². The zero-order valence-corrected chi connectivity index (χ0v) is 20.6. The van der Waals surface area contributed by atoms with Gasteiger partial charge in [0.15, 0.2) is 0 Å². The fraction of sp³-hybridized carbons (Fsp3) is 0.296. The van der Waals surface area contributed by atoms with E-state index < -0.39 is 11.9 Å². The number of carbonyl (C=O) groups excluding carboxylic acids is 5. The summed E-state index contributed by atoms with van der Waals surface area (Å²) in [6, 6.07) is 10.2. The highest BCUT2D eigenvalue weighted by Crippen LogP contribution is 2.30. The molecule has 1 fully saturated rings. The van der Waals surface area contributed by atoms with Crippen LogP contribution >= 0.6 is 0 Å². The predicted octanol–water partition coefficient (Wildman–Crippen LogP) is 2.38. The van der Waals surface area contributed by atoms with Crippen LogP contribution in [0.25, 0.3) is 10.9 Å². The molecule has 3 aromatic rings. The molecule has 0 radical (unpaired) electrons. The summed E-state index contributed by atoms with van der Waals surface area (Å²) < 4.78 is 0. The summed E-state index contributed by atoms with van der Waals surface area (Å²) in [4.78, 5) is 65.9. The molecular weight excluding hydrogens is 474 g/mol. The quantitative estimate of drug-likeness (QED) is 0.384. The number of hydrogen-bond donors (Lipinski definition) is 4. The second-order valence-electron chi connectivity index (χ2n) is 9.35. The molecule has 190 valence electrons. The van der Waals surface area contributed by atoms with E-state index in [2.05, 4.69) is 20.9 Å². The molecule has 5 amide bonds. The van der Waals surface area contributed by atoms with Gasteiger partial charge in [0.25, 0.3) is 11.8 Å². The molecular formula is C27H27N5O5. The molecule has 1 saturated heterocycles. The fourth-order valence-electron chi connectivity index (χ4n) is 5.04. The lowest BCUT2D eigenvalue weighted by Crippen LogP contribution is -2.52. The Bertz CT molecular complexity index is 1470. The summed E-state index contributed by atoms with van der Waals surface area (Å²) >= 11 is 0. The van der Waals surface area contributed by atoms with E-state index in [-0.39, 0.29) is 36.6 Å². The van der Waals surface area contributed by atoms with Crippen molar-refractivity contribution >= 4 is 46.1 Å². The molecule has 2 aromatic carbocycles. The van der Waals surface area contributed by atoms with E-state index in [1.54, 1.807) is 18.2 Å². The van der Waals surface area contributed by atoms with E-state index in [0.29, 0.717) is 41.9 Å². The first-order valence-corrected chi connectivity index (χ1v) is 12.2. The van der Waals surface area contributed by atoms with Gasteiger partial charge in [-0.1, -0.05) is 13.0 Å². The van der Waals surface area contributed by atoms with Crippen LogP contribution in [0.1, 0.15) is 64.2 Å². The van der Waals surface area contributed by atoms with Gasteiger partial charge in [0.1, 0.15) is 11.7 Å². The zero-order valence-electron chi connectivity index (χ0n) is 20.6. The average molecular weight is 502 g/mol. The van der Waals surface area contributed by atoms with E-state index in [1.165, 1.54) is 11.8 Å². The number of hydrogen-bond acceptors (Lipinski definition) is 5. The van der Waals surface area contributed by atoms with E-state index in [0.717, 1.165) is 22.0 Å². The van der Waals surface area contributed by atoms with E-state index >= 15 is 0 Å². The normalized spacial score (nSPS) is 17.1. The second kappa shape index (κ2) is 9.53. The summed E-state index contributed by atoms with van der Waals surface area (Å²) in [7, 11) is 0.